The van der Waals surface area contributed by atoms with Gasteiger partial charge in [-0.15, -0.1) is 0 Å². The van der Waals surface area contributed by atoms with Crippen molar-refractivity contribution in [3.8, 4) is 5.75 Å². The van der Waals surface area contributed by atoms with E-state index in [1.807, 2.05) is 0 Å². The second-order valence-corrected chi connectivity index (χ2v) is 5.41. The molecule has 0 bridgehead atoms. The number of carbonyl (C=O) groups excluding carboxylic acids is 1. The molecule has 20 heavy (non-hydrogen) atoms. The summed E-state index contributed by atoms with van der Waals surface area (Å²) in [6, 6.07) is 6.72. The van der Waals surface area contributed by atoms with Crippen molar-refractivity contribution < 1.29 is 19.8 Å². The summed E-state index contributed by atoms with van der Waals surface area (Å²) in [6.07, 6.45) is 1.67. The SMILES string of the molecule is CN(Cc1ccc(O)cc1)C(=O)C1CCC(C(=O)O)C1. The van der Waals surface area contributed by atoms with Gasteiger partial charge in [0.25, 0.3) is 0 Å². The van der Waals surface area contributed by atoms with E-state index in [1.54, 1.807) is 36.2 Å². The summed E-state index contributed by atoms with van der Waals surface area (Å²) in [5.41, 5.74) is 0.937. The average molecular weight is 277 g/mol. The number of carboxylic acid groups (broad SMARTS) is 1. The van der Waals surface area contributed by atoms with Crippen molar-refractivity contribution in [2.45, 2.75) is 25.8 Å². The molecule has 0 radical (unpaired) electrons. The molecular weight excluding hydrogens is 258 g/mol. The molecule has 1 saturated carbocycles. The fraction of sp³-hybridized carbons (Fsp3) is 0.467. The Morgan fingerprint density at radius 3 is 2.35 bits per heavy atom. The maximum absolute atomic E-state index is 12.3. The first-order valence-corrected chi connectivity index (χ1v) is 6.73. The van der Waals surface area contributed by atoms with Gasteiger partial charge in [-0.1, -0.05) is 12.1 Å². The standard InChI is InChI=1S/C15H19NO4/c1-16(9-10-2-6-13(17)7-3-10)14(18)11-4-5-12(8-11)15(19)20/h2-3,6-7,11-12,17H,4-5,8-9H2,1H3,(H,19,20). The highest BCUT2D eigenvalue weighted by molar-refractivity contribution is 5.80. The minimum Gasteiger partial charge on any atom is -0.508 e. The Bertz CT molecular complexity index is 497. The number of carboxylic acids is 1. The van der Waals surface area contributed by atoms with Crippen LogP contribution in [0.25, 0.3) is 0 Å². The maximum atomic E-state index is 12.3. The summed E-state index contributed by atoms with van der Waals surface area (Å²) in [5, 5.41) is 18.2. The molecule has 2 rings (SSSR count). The van der Waals surface area contributed by atoms with Crippen LogP contribution < -0.4 is 0 Å². The van der Waals surface area contributed by atoms with Gasteiger partial charge in [-0.2, -0.15) is 0 Å². The van der Waals surface area contributed by atoms with E-state index in [0.29, 0.717) is 25.8 Å². The van der Waals surface area contributed by atoms with Gasteiger partial charge in [0.15, 0.2) is 0 Å². The molecule has 1 fully saturated rings. The summed E-state index contributed by atoms with van der Waals surface area (Å²) in [5.74, 6) is -1.17. The summed E-state index contributed by atoms with van der Waals surface area (Å²) < 4.78 is 0. The van der Waals surface area contributed by atoms with E-state index in [0.717, 1.165) is 5.56 Å². The van der Waals surface area contributed by atoms with Crippen LogP contribution in [0.1, 0.15) is 24.8 Å². The summed E-state index contributed by atoms with van der Waals surface area (Å²) in [4.78, 5) is 24.8. The number of nitrogens with zero attached hydrogens (tertiary/aromatic N) is 1. The lowest BCUT2D eigenvalue weighted by molar-refractivity contribution is -0.141. The van der Waals surface area contributed by atoms with Crippen molar-refractivity contribution in [3.05, 3.63) is 29.8 Å². The molecule has 0 saturated heterocycles. The Balaban J connectivity index is 1.92. The number of aliphatic carboxylic acids is 1. The van der Waals surface area contributed by atoms with Crippen LogP contribution in [0.5, 0.6) is 5.75 Å². The maximum Gasteiger partial charge on any atom is 0.306 e. The van der Waals surface area contributed by atoms with E-state index in [1.165, 1.54) is 0 Å². The lowest BCUT2D eigenvalue weighted by Gasteiger charge is -2.21. The van der Waals surface area contributed by atoms with E-state index < -0.39 is 5.97 Å². The van der Waals surface area contributed by atoms with Gasteiger partial charge >= 0.3 is 5.97 Å². The molecule has 1 aliphatic carbocycles. The van der Waals surface area contributed by atoms with Gasteiger partial charge in [-0.05, 0) is 37.0 Å². The molecule has 1 amide bonds. The number of aromatic hydroxyl groups is 1. The number of benzene rings is 1. The molecule has 5 nitrogen and oxygen atoms in total. The van der Waals surface area contributed by atoms with Gasteiger partial charge in [0.05, 0.1) is 5.92 Å². The third kappa shape index (κ3) is 3.29. The summed E-state index contributed by atoms with van der Waals surface area (Å²) in [7, 11) is 1.73. The van der Waals surface area contributed by atoms with Crippen molar-refractivity contribution in [2.24, 2.45) is 11.8 Å². The monoisotopic (exact) mass is 277 g/mol. The van der Waals surface area contributed by atoms with Crippen LogP contribution in [0.15, 0.2) is 24.3 Å². The van der Waals surface area contributed by atoms with Crippen molar-refractivity contribution in [3.63, 3.8) is 0 Å². The van der Waals surface area contributed by atoms with Crippen molar-refractivity contribution >= 4 is 11.9 Å². The van der Waals surface area contributed by atoms with Crippen LogP contribution in [0, 0.1) is 11.8 Å². The largest absolute Gasteiger partial charge is 0.508 e. The Morgan fingerprint density at radius 2 is 1.80 bits per heavy atom. The molecule has 1 aromatic carbocycles. The molecule has 2 atom stereocenters. The molecule has 1 aliphatic rings. The van der Waals surface area contributed by atoms with Crippen LogP contribution in [0.2, 0.25) is 0 Å². The first-order chi connectivity index (χ1) is 9.47. The van der Waals surface area contributed by atoms with Crippen molar-refractivity contribution in [1.82, 2.24) is 4.90 Å². The molecule has 1 aromatic rings. The third-order valence-corrected chi connectivity index (χ3v) is 3.86. The topological polar surface area (TPSA) is 77.8 Å². The Kier molecular flexibility index (Phi) is 4.27. The van der Waals surface area contributed by atoms with Gasteiger partial charge in [0.1, 0.15) is 5.75 Å². The minimum absolute atomic E-state index is 0.00169. The first-order valence-electron chi connectivity index (χ1n) is 6.73. The number of phenolic OH excluding ortho intramolecular Hbond substituents is 1. The normalized spacial score (nSPS) is 21.6. The number of carbonyl (C=O) groups is 2. The van der Waals surface area contributed by atoms with Gasteiger partial charge in [0, 0.05) is 19.5 Å². The van der Waals surface area contributed by atoms with E-state index >= 15 is 0 Å². The minimum atomic E-state index is -0.804. The fourth-order valence-electron chi connectivity index (χ4n) is 2.69. The fourth-order valence-corrected chi connectivity index (χ4v) is 2.69. The second-order valence-electron chi connectivity index (χ2n) is 5.41. The van der Waals surface area contributed by atoms with Crippen molar-refractivity contribution in [1.29, 1.82) is 0 Å². The first kappa shape index (κ1) is 14.4. The summed E-state index contributed by atoms with van der Waals surface area (Å²) >= 11 is 0. The Hall–Kier alpha value is -2.04. The van der Waals surface area contributed by atoms with E-state index in [4.69, 9.17) is 5.11 Å². The molecule has 0 spiro atoms. The number of amides is 1. The molecule has 0 aliphatic heterocycles. The molecular formula is C15H19NO4. The van der Waals surface area contributed by atoms with E-state index in [-0.39, 0.29) is 23.5 Å². The van der Waals surface area contributed by atoms with E-state index in [9.17, 15) is 14.7 Å². The van der Waals surface area contributed by atoms with Crippen LogP contribution in [0.4, 0.5) is 0 Å². The summed E-state index contributed by atoms with van der Waals surface area (Å²) in [6.45, 7) is 0.466. The molecule has 108 valence electrons. The Morgan fingerprint density at radius 1 is 1.20 bits per heavy atom. The zero-order chi connectivity index (χ0) is 14.7. The van der Waals surface area contributed by atoms with Crippen LogP contribution >= 0.6 is 0 Å². The Labute approximate surface area is 117 Å². The molecule has 0 heterocycles. The van der Waals surface area contributed by atoms with Gasteiger partial charge in [0.2, 0.25) is 5.91 Å². The van der Waals surface area contributed by atoms with Crippen LogP contribution in [0.3, 0.4) is 0 Å². The zero-order valence-corrected chi connectivity index (χ0v) is 11.5. The predicted molar refractivity (Wildman–Crippen MR) is 73.0 cm³/mol. The molecule has 5 heteroatoms. The predicted octanol–water partition coefficient (Wildman–Crippen LogP) is 1.85. The smallest absolute Gasteiger partial charge is 0.306 e. The van der Waals surface area contributed by atoms with Crippen LogP contribution in [-0.2, 0) is 16.1 Å². The van der Waals surface area contributed by atoms with Gasteiger partial charge in [-0.3, -0.25) is 9.59 Å². The average Bonchev–Trinajstić information content (AvgIpc) is 2.90. The number of phenols is 1. The molecule has 0 aromatic heterocycles. The van der Waals surface area contributed by atoms with E-state index in [2.05, 4.69) is 0 Å². The van der Waals surface area contributed by atoms with Gasteiger partial charge < -0.3 is 15.1 Å². The van der Waals surface area contributed by atoms with Crippen LogP contribution in [-0.4, -0.2) is 34.0 Å². The third-order valence-electron chi connectivity index (χ3n) is 3.86. The quantitative estimate of drug-likeness (QED) is 0.880. The zero-order valence-electron chi connectivity index (χ0n) is 11.5. The van der Waals surface area contributed by atoms with Crippen molar-refractivity contribution in [2.75, 3.05) is 7.05 Å². The highest BCUT2D eigenvalue weighted by Gasteiger charge is 2.35. The molecule has 2 unspecified atom stereocenters. The van der Waals surface area contributed by atoms with Gasteiger partial charge in [-0.25, -0.2) is 0 Å². The highest BCUT2D eigenvalue weighted by atomic mass is 16.4. The number of hydrogen-bond acceptors (Lipinski definition) is 3. The lowest BCUT2D eigenvalue weighted by atomic mass is 10.0. The second kappa shape index (κ2) is 5.94. The lowest BCUT2D eigenvalue weighted by Crippen LogP contribution is -2.31. The molecule has 2 N–H and O–H groups in total. The highest BCUT2D eigenvalue weighted by Crippen LogP contribution is 2.32. The number of hydrogen-bond donors (Lipinski definition) is 2. The number of rotatable bonds is 4.